The van der Waals surface area contributed by atoms with Crippen LogP contribution in [0.15, 0.2) is 40.8 Å². The van der Waals surface area contributed by atoms with Crippen LogP contribution in [0, 0.1) is 5.92 Å². The lowest BCUT2D eigenvalue weighted by Gasteiger charge is -2.39. The summed E-state index contributed by atoms with van der Waals surface area (Å²) in [6, 6.07) is 11.6. The van der Waals surface area contributed by atoms with Crippen molar-refractivity contribution in [2.24, 2.45) is 5.92 Å². The van der Waals surface area contributed by atoms with Gasteiger partial charge in [-0.25, -0.2) is 0 Å². The SMILES string of the molecule is COc1cc(CCCOC2CC(CO)C(O)C(O)C2O)cc2cc(-c3ccc4c(c3)OCO4)oc12. The maximum Gasteiger partial charge on any atom is 0.231 e. The number of aliphatic hydroxyl groups is 4. The average molecular weight is 487 g/mol. The van der Waals surface area contributed by atoms with Gasteiger partial charge in [0.15, 0.2) is 22.8 Å². The van der Waals surface area contributed by atoms with Crippen molar-refractivity contribution in [1.82, 2.24) is 0 Å². The van der Waals surface area contributed by atoms with Gasteiger partial charge in [-0.1, -0.05) is 0 Å². The van der Waals surface area contributed by atoms with Crippen molar-refractivity contribution in [2.45, 2.75) is 43.7 Å². The standard InChI is InChI=1S/C26H30O9/c1-31-22-8-14(3-2-6-32-21-11-17(12-27)23(28)25(30)24(21)29)7-16-10-19(35-26(16)22)15-4-5-18-20(9-15)34-13-33-18/h4-5,7-10,17,21,23-25,27-30H,2-3,6,11-13H2,1H3. The number of hydrogen-bond acceptors (Lipinski definition) is 9. The van der Waals surface area contributed by atoms with E-state index in [1.165, 1.54) is 0 Å². The first-order valence-corrected chi connectivity index (χ1v) is 11.8. The molecule has 1 aliphatic heterocycles. The first kappa shape index (κ1) is 23.9. The minimum Gasteiger partial charge on any atom is -0.493 e. The Bertz CT molecular complexity index is 1170. The second kappa shape index (κ2) is 10.0. The Hall–Kier alpha value is -2.82. The second-order valence-corrected chi connectivity index (χ2v) is 9.06. The van der Waals surface area contributed by atoms with Gasteiger partial charge < -0.3 is 43.8 Å². The molecule has 0 spiro atoms. The van der Waals surface area contributed by atoms with E-state index in [2.05, 4.69) is 6.07 Å². The zero-order chi connectivity index (χ0) is 24.5. The topological polar surface area (TPSA) is 131 Å². The number of methoxy groups -OCH3 is 1. The third-order valence-corrected chi connectivity index (χ3v) is 6.79. The van der Waals surface area contributed by atoms with Crippen LogP contribution < -0.4 is 14.2 Å². The number of hydrogen-bond donors (Lipinski definition) is 4. The number of aryl methyl sites for hydroxylation is 1. The number of ether oxygens (including phenoxy) is 4. The van der Waals surface area contributed by atoms with Crippen molar-refractivity contribution in [3.63, 3.8) is 0 Å². The highest BCUT2D eigenvalue weighted by molar-refractivity contribution is 5.88. The Morgan fingerprint density at radius 2 is 1.80 bits per heavy atom. The molecule has 2 aromatic carbocycles. The fourth-order valence-corrected chi connectivity index (χ4v) is 4.81. The summed E-state index contributed by atoms with van der Waals surface area (Å²) in [6.45, 7) is 0.296. The molecule has 5 unspecified atom stereocenters. The average Bonchev–Trinajstić information content (AvgIpc) is 3.52. The van der Waals surface area contributed by atoms with Crippen molar-refractivity contribution >= 4 is 11.0 Å². The van der Waals surface area contributed by atoms with Crippen molar-refractivity contribution in [3.05, 3.63) is 42.0 Å². The number of aliphatic hydroxyl groups excluding tert-OH is 4. The normalized spacial score (nSPS) is 25.8. The molecule has 35 heavy (non-hydrogen) atoms. The molecular formula is C26H30O9. The lowest BCUT2D eigenvalue weighted by Crippen LogP contribution is -2.55. The molecule has 3 aromatic rings. The predicted molar refractivity (Wildman–Crippen MR) is 126 cm³/mol. The highest BCUT2D eigenvalue weighted by atomic mass is 16.7. The maximum absolute atomic E-state index is 10.2. The zero-order valence-electron chi connectivity index (χ0n) is 19.4. The fourth-order valence-electron chi connectivity index (χ4n) is 4.81. The largest absolute Gasteiger partial charge is 0.493 e. The molecular weight excluding hydrogens is 456 g/mol. The van der Waals surface area contributed by atoms with Crippen molar-refractivity contribution in [1.29, 1.82) is 0 Å². The van der Waals surface area contributed by atoms with Crippen molar-refractivity contribution in [3.8, 4) is 28.6 Å². The van der Waals surface area contributed by atoms with E-state index < -0.39 is 30.3 Å². The summed E-state index contributed by atoms with van der Waals surface area (Å²) in [5, 5.41) is 40.5. The summed E-state index contributed by atoms with van der Waals surface area (Å²) >= 11 is 0. The van der Waals surface area contributed by atoms with Gasteiger partial charge in [0, 0.05) is 30.1 Å². The van der Waals surface area contributed by atoms with Crippen LogP contribution in [0.1, 0.15) is 18.4 Å². The Kier molecular flexibility index (Phi) is 6.86. The highest BCUT2D eigenvalue weighted by Crippen LogP contribution is 2.39. The summed E-state index contributed by atoms with van der Waals surface area (Å²) in [5.74, 6) is 2.21. The van der Waals surface area contributed by atoms with Gasteiger partial charge in [-0.2, -0.15) is 0 Å². The summed E-state index contributed by atoms with van der Waals surface area (Å²) < 4.78 is 28.3. The Morgan fingerprint density at radius 3 is 2.60 bits per heavy atom. The minimum atomic E-state index is -1.34. The van der Waals surface area contributed by atoms with E-state index in [1.54, 1.807) is 7.11 Å². The van der Waals surface area contributed by atoms with Crippen LogP contribution in [-0.2, 0) is 11.2 Å². The first-order valence-electron chi connectivity index (χ1n) is 11.8. The lowest BCUT2D eigenvalue weighted by atomic mass is 9.81. The quantitative estimate of drug-likeness (QED) is 0.354. The predicted octanol–water partition coefficient (Wildman–Crippen LogP) is 2.25. The van der Waals surface area contributed by atoms with E-state index in [4.69, 9.17) is 23.4 Å². The van der Waals surface area contributed by atoms with E-state index in [0.29, 0.717) is 48.0 Å². The smallest absolute Gasteiger partial charge is 0.231 e. The number of rotatable bonds is 8. The van der Waals surface area contributed by atoms with Gasteiger partial charge in [0.1, 0.15) is 18.0 Å². The van der Waals surface area contributed by atoms with Gasteiger partial charge in [0.05, 0.1) is 19.3 Å². The van der Waals surface area contributed by atoms with E-state index in [0.717, 1.165) is 16.5 Å². The van der Waals surface area contributed by atoms with Crippen LogP contribution in [0.5, 0.6) is 17.2 Å². The molecule has 4 N–H and O–H groups in total. The molecule has 2 heterocycles. The molecule has 9 heteroatoms. The molecule has 2 aliphatic rings. The molecule has 5 atom stereocenters. The van der Waals surface area contributed by atoms with Gasteiger partial charge in [-0.3, -0.25) is 0 Å². The van der Waals surface area contributed by atoms with Gasteiger partial charge in [-0.15, -0.1) is 0 Å². The van der Waals surface area contributed by atoms with E-state index in [9.17, 15) is 20.4 Å². The zero-order valence-corrected chi connectivity index (χ0v) is 19.4. The van der Waals surface area contributed by atoms with Gasteiger partial charge in [-0.05, 0) is 61.2 Å². The van der Waals surface area contributed by atoms with E-state index >= 15 is 0 Å². The van der Waals surface area contributed by atoms with E-state index in [1.807, 2.05) is 30.3 Å². The van der Waals surface area contributed by atoms with E-state index in [-0.39, 0.29) is 19.8 Å². The summed E-state index contributed by atoms with van der Waals surface area (Å²) in [4.78, 5) is 0. The third kappa shape index (κ3) is 4.70. The molecule has 0 amide bonds. The first-order chi connectivity index (χ1) is 17.0. The minimum absolute atomic E-state index is 0.212. The molecule has 1 aliphatic carbocycles. The second-order valence-electron chi connectivity index (χ2n) is 9.06. The molecule has 1 saturated carbocycles. The van der Waals surface area contributed by atoms with Crippen LogP contribution in [0.4, 0.5) is 0 Å². The molecule has 0 radical (unpaired) electrons. The molecule has 0 bridgehead atoms. The summed E-state index contributed by atoms with van der Waals surface area (Å²) in [7, 11) is 1.60. The van der Waals surface area contributed by atoms with Crippen LogP contribution in [0.2, 0.25) is 0 Å². The van der Waals surface area contributed by atoms with Crippen molar-refractivity contribution < 1.29 is 43.8 Å². The summed E-state index contributed by atoms with van der Waals surface area (Å²) in [5.41, 5.74) is 2.58. The molecule has 9 nitrogen and oxygen atoms in total. The fraction of sp³-hybridized carbons (Fsp3) is 0.462. The molecule has 1 fully saturated rings. The summed E-state index contributed by atoms with van der Waals surface area (Å²) in [6.07, 6.45) is -2.66. The Balaban J connectivity index is 1.25. The van der Waals surface area contributed by atoms with Crippen LogP contribution in [0.3, 0.4) is 0 Å². The molecule has 0 saturated heterocycles. The van der Waals surface area contributed by atoms with Crippen LogP contribution >= 0.6 is 0 Å². The van der Waals surface area contributed by atoms with Gasteiger partial charge >= 0.3 is 0 Å². The maximum atomic E-state index is 10.2. The number of furan rings is 1. The van der Waals surface area contributed by atoms with Crippen LogP contribution in [-0.4, -0.2) is 72.0 Å². The number of benzene rings is 2. The third-order valence-electron chi connectivity index (χ3n) is 6.79. The Morgan fingerprint density at radius 1 is 0.971 bits per heavy atom. The van der Waals surface area contributed by atoms with Crippen LogP contribution in [0.25, 0.3) is 22.3 Å². The highest BCUT2D eigenvalue weighted by Gasteiger charge is 2.42. The van der Waals surface area contributed by atoms with Gasteiger partial charge in [0.2, 0.25) is 6.79 Å². The number of fused-ring (bicyclic) bond motifs is 2. The van der Waals surface area contributed by atoms with Crippen molar-refractivity contribution in [2.75, 3.05) is 27.1 Å². The molecule has 1 aromatic heterocycles. The van der Waals surface area contributed by atoms with Gasteiger partial charge in [0.25, 0.3) is 0 Å². The molecule has 188 valence electrons. The Labute approximate surface area is 202 Å². The lowest BCUT2D eigenvalue weighted by molar-refractivity contribution is -0.178. The molecule has 5 rings (SSSR count). The monoisotopic (exact) mass is 486 g/mol.